The number of aryl methyl sites for hydroxylation is 1. The van der Waals surface area contributed by atoms with E-state index in [9.17, 15) is 4.39 Å². The summed E-state index contributed by atoms with van der Waals surface area (Å²) in [4.78, 5) is 0. The Balaban J connectivity index is 1.55. The molecule has 0 saturated heterocycles. The van der Waals surface area contributed by atoms with E-state index in [-0.39, 0.29) is 5.56 Å². The molecule has 0 bridgehead atoms. The highest BCUT2D eigenvalue weighted by atomic mass is 19.1. The van der Waals surface area contributed by atoms with Crippen LogP contribution in [0.1, 0.15) is 67.9 Å². The topological polar surface area (TPSA) is 34.0 Å². The van der Waals surface area contributed by atoms with E-state index < -0.39 is 11.6 Å². The third-order valence-electron chi connectivity index (χ3n) is 6.64. The minimum Gasteiger partial charge on any atom is -0.494 e. The van der Waals surface area contributed by atoms with Crippen LogP contribution in [-0.4, -0.2) is 6.61 Å². The van der Waals surface area contributed by atoms with Gasteiger partial charge in [0.1, 0.15) is 17.4 Å². The van der Waals surface area contributed by atoms with Gasteiger partial charge in [-0.3, -0.25) is 0 Å². The highest BCUT2D eigenvalue weighted by Gasteiger charge is 2.24. The lowest BCUT2D eigenvalue weighted by Crippen LogP contribution is -2.17. The average molecular weight is 487 g/mol. The first-order valence-electron chi connectivity index (χ1n) is 12.8. The molecule has 186 valence electrons. The monoisotopic (exact) mass is 486 g/mol. The molecule has 36 heavy (non-hydrogen) atoms. The number of ether oxygens (including phenoxy) is 1. The van der Waals surface area contributed by atoms with E-state index in [1.807, 2.05) is 56.3 Å². The van der Waals surface area contributed by atoms with Crippen molar-refractivity contribution in [1.29, 1.82) is 0 Å². The van der Waals surface area contributed by atoms with Crippen LogP contribution in [0.4, 0.5) is 20.2 Å². The maximum absolute atomic E-state index is 15.2. The van der Waals surface area contributed by atoms with Crippen LogP contribution in [0.25, 0.3) is 0 Å². The van der Waals surface area contributed by atoms with E-state index in [2.05, 4.69) is 29.0 Å². The second-order valence-electron chi connectivity index (χ2n) is 9.15. The summed E-state index contributed by atoms with van der Waals surface area (Å²) >= 11 is 0. The first-order chi connectivity index (χ1) is 17.5. The van der Waals surface area contributed by atoms with E-state index in [1.54, 1.807) is 0 Å². The van der Waals surface area contributed by atoms with Crippen molar-refractivity contribution in [3.63, 3.8) is 0 Å². The van der Waals surface area contributed by atoms with Crippen LogP contribution in [0.3, 0.4) is 0 Å². The van der Waals surface area contributed by atoms with Crippen molar-refractivity contribution in [2.24, 2.45) is 16.1 Å². The third-order valence-corrected chi connectivity index (χ3v) is 6.64. The van der Waals surface area contributed by atoms with E-state index >= 15 is 4.39 Å². The highest BCUT2D eigenvalue weighted by molar-refractivity contribution is 5.54. The maximum Gasteiger partial charge on any atom is 0.145 e. The largest absolute Gasteiger partial charge is 0.494 e. The summed E-state index contributed by atoms with van der Waals surface area (Å²) in [5, 5.41) is 8.62. The Hall–Kier alpha value is -3.52. The average Bonchev–Trinajstić information content (AvgIpc) is 2.88. The minimum atomic E-state index is -0.574. The summed E-state index contributed by atoms with van der Waals surface area (Å²) < 4.78 is 35.5. The fraction of sp³-hybridized carbons (Fsp3) is 0.355. The summed E-state index contributed by atoms with van der Waals surface area (Å²) in [6.07, 6.45) is 5.25. The van der Waals surface area contributed by atoms with Crippen molar-refractivity contribution in [1.82, 2.24) is 0 Å². The molecule has 0 amide bonds. The molecule has 3 aromatic rings. The Bertz CT molecular complexity index is 1300. The molecule has 0 aromatic heterocycles. The molecule has 0 radical (unpaired) electrons. The number of hydrogen-bond acceptors (Lipinski definition) is 3. The van der Waals surface area contributed by atoms with Gasteiger partial charge in [-0.1, -0.05) is 38.5 Å². The first kappa shape index (κ1) is 25.6. The van der Waals surface area contributed by atoms with E-state index in [0.717, 1.165) is 53.8 Å². The molecule has 1 atom stereocenters. The number of halogens is 2. The number of benzene rings is 3. The predicted octanol–water partition coefficient (Wildman–Crippen LogP) is 8.65. The number of fused-ring (bicyclic) bond motifs is 1. The van der Waals surface area contributed by atoms with Crippen LogP contribution in [0.15, 0.2) is 58.8 Å². The predicted molar refractivity (Wildman–Crippen MR) is 140 cm³/mol. The molecular formula is C31H32F2N2O. The second-order valence-corrected chi connectivity index (χ2v) is 9.15. The first-order valence-corrected chi connectivity index (χ1v) is 12.8. The lowest BCUT2D eigenvalue weighted by atomic mass is 9.81. The van der Waals surface area contributed by atoms with Gasteiger partial charge in [-0.15, -0.1) is 0 Å². The molecule has 0 spiro atoms. The molecule has 4 rings (SSSR count). The number of rotatable bonds is 7. The fourth-order valence-corrected chi connectivity index (χ4v) is 4.77. The molecule has 1 aliphatic carbocycles. The van der Waals surface area contributed by atoms with Gasteiger partial charge >= 0.3 is 0 Å². The zero-order valence-electron chi connectivity index (χ0n) is 21.2. The third kappa shape index (κ3) is 5.99. The van der Waals surface area contributed by atoms with Gasteiger partial charge in [-0.25, -0.2) is 8.78 Å². The Kier molecular flexibility index (Phi) is 8.48. The molecule has 1 unspecified atom stereocenters. The van der Waals surface area contributed by atoms with Crippen LogP contribution in [-0.2, 0) is 19.3 Å². The van der Waals surface area contributed by atoms with Gasteiger partial charge in [0.2, 0.25) is 0 Å². The molecule has 0 saturated carbocycles. The van der Waals surface area contributed by atoms with Crippen molar-refractivity contribution in [2.75, 3.05) is 6.61 Å². The summed E-state index contributed by atoms with van der Waals surface area (Å²) in [6.45, 7) is 6.72. The molecule has 1 aliphatic rings. The van der Waals surface area contributed by atoms with Crippen molar-refractivity contribution < 1.29 is 13.5 Å². The molecule has 3 aromatic carbocycles. The van der Waals surface area contributed by atoms with Gasteiger partial charge in [-0.05, 0) is 104 Å². The van der Waals surface area contributed by atoms with E-state index in [0.29, 0.717) is 36.6 Å². The zero-order valence-corrected chi connectivity index (χ0v) is 21.2. The van der Waals surface area contributed by atoms with Gasteiger partial charge < -0.3 is 4.74 Å². The molecule has 0 N–H and O–H groups in total. The van der Waals surface area contributed by atoms with E-state index in [1.165, 1.54) is 6.07 Å². The van der Waals surface area contributed by atoms with Crippen molar-refractivity contribution in [3.8, 4) is 17.6 Å². The smallest absolute Gasteiger partial charge is 0.145 e. The molecule has 0 fully saturated rings. The minimum absolute atomic E-state index is 0.135. The Labute approximate surface area is 212 Å². The zero-order chi connectivity index (χ0) is 25.5. The van der Waals surface area contributed by atoms with Crippen molar-refractivity contribution in [3.05, 3.63) is 88.0 Å². The maximum atomic E-state index is 15.2. The number of azo groups is 1. The molecule has 3 nitrogen and oxygen atoms in total. The van der Waals surface area contributed by atoms with Crippen LogP contribution in [0.5, 0.6) is 5.75 Å². The van der Waals surface area contributed by atoms with Crippen LogP contribution >= 0.6 is 0 Å². The molecular weight excluding hydrogens is 454 g/mol. The van der Waals surface area contributed by atoms with Gasteiger partial charge in [-0.2, -0.15) is 10.2 Å². The van der Waals surface area contributed by atoms with Crippen molar-refractivity contribution >= 4 is 11.4 Å². The standard InChI is InChI=1S/C31H32F2N2O/c1-4-7-21-8-16-28-24(18-21)20-30(32)29(31(28)33)17-10-23-9-11-26(19-22(23)5-2)35-34-25-12-14-27(15-13-25)36-6-3/h9,11-15,19-21H,4-8,16,18H2,1-3H3. The SMILES string of the molecule is CCCC1CCc2c(cc(F)c(C#Cc3ccc(N=Nc4ccc(OCC)cc4)cc3CC)c2F)C1. The highest BCUT2D eigenvalue weighted by Crippen LogP contribution is 2.32. The second kappa shape index (κ2) is 11.9. The quantitative estimate of drug-likeness (QED) is 0.243. The number of nitrogens with zero attached hydrogens (tertiary/aromatic N) is 2. The normalized spacial score (nSPS) is 14.9. The molecule has 5 heteroatoms. The lowest BCUT2D eigenvalue weighted by molar-refractivity contribution is 0.340. The van der Waals surface area contributed by atoms with Crippen LogP contribution < -0.4 is 4.74 Å². The summed E-state index contributed by atoms with van der Waals surface area (Å²) in [5.41, 5.74) is 4.40. The van der Waals surface area contributed by atoms with Crippen LogP contribution in [0.2, 0.25) is 0 Å². The summed E-state index contributed by atoms with van der Waals surface area (Å²) in [5.74, 6) is 6.02. The molecule has 0 heterocycles. The van der Waals surface area contributed by atoms with Crippen LogP contribution in [0, 0.1) is 29.4 Å². The van der Waals surface area contributed by atoms with Gasteiger partial charge in [0.15, 0.2) is 0 Å². The Morgan fingerprint density at radius 2 is 1.69 bits per heavy atom. The fourth-order valence-electron chi connectivity index (χ4n) is 4.77. The van der Waals surface area contributed by atoms with Crippen molar-refractivity contribution in [2.45, 2.75) is 59.3 Å². The van der Waals surface area contributed by atoms with Gasteiger partial charge in [0.05, 0.1) is 23.5 Å². The number of hydrogen-bond donors (Lipinski definition) is 0. The summed E-state index contributed by atoms with van der Waals surface area (Å²) in [7, 11) is 0. The Morgan fingerprint density at radius 3 is 2.42 bits per heavy atom. The van der Waals surface area contributed by atoms with E-state index in [4.69, 9.17) is 4.74 Å². The summed E-state index contributed by atoms with van der Waals surface area (Å²) in [6, 6.07) is 14.5. The Morgan fingerprint density at radius 1 is 0.944 bits per heavy atom. The van der Waals surface area contributed by atoms with Gasteiger partial charge in [0, 0.05) is 5.56 Å². The molecule has 0 aliphatic heterocycles. The van der Waals surface area contributed by atoms with Gasteiger partial charge in [0.25, 0.3) is 0 Å². The lowest BCUT2D eigenvalue weighted by Gasteiger charge is -2.25.